The van der Waals surface area contributed by atoms with Crippen LogP contribution in [0, 0.1) is 13.8 Å². The standard InChI is InChI=1S/C25H23ClN4O2/c1-4-32-20-13-11-19(12-14-20)30-24(18-8-5-7-16(2)15-18)28-23(29-30)25(31)27-22-10-6-9-21(26)17(22)3/h5-15H,4H2,1-3H3,(H,27,31). The fourth-order valence-corrected chi connectivity index (χ4v) is 3.51. The molecule has 0 saturated heterocycles. The molecule has 0 aliphatic rings. The summed E-state index contributed by atoms with van der Waals surface area (Å²) in [6, 6.07) is 20.8. The number of halogens is 1. The van der Waals surface area contributed by atoms with Crippen LogP contribution in [0.15, 0.2) is 66.7 Å². The molecule has 0 radical (unpaired) electrons. The summed E-state index contributed by atoms with van der Waals surface area (Å²) in [6.07, 6.45) is 0. The summed E-state index contributed by atoms with van der Waals surface area (Å²) < 4.78 is 7.21. The highest BCUT2D eigenvalue weighted by atomic mass is 35.5. The summed E-state index contributed by atoms with van der Waals surface area (Å²) in [4.78, 5) is 17.6. The quantitative estimate of drug-likeness (QED) is 0.403. The van der Waals surface area contributed by atoms with E-state index in [2.05, 4.69) is 15.4 Å². The molecule has 0 bridgehead atoms. The number of aromatic nitrogens is 3. The van der Waals surface area contributed by atoms with E-state index in [-0.39, 0.29) is 5.82 Å². The third-order valence-corrected chi connectivity index (χ3v) is 5.40. The van der Waals surface area contributed by atoms with Crippen LogP contribution in [0.3, 0.4) is 0 Å². The van der Waals surface area contributed by atoms with Crippen molar-refractivity contribution >= 4 is 23.2 Å². The van der Waals surface area contributed by atoms with Crippen LogP contribution in [0.4, 0.5) is 5.69 Å². The second-order valence-corrected chi connectivity index (χ2v) is 7.74. The summed E-state index contributed by atoms with van der Waals surface area (Å²) in [5, 5.41) is 7.98. The summed E-state index contributed by atoms with van der Waals surface area (Å²) >= 11 is 6.19. The van der Waals surface area contributed by atoms with Crippen molar-refractivity contribution in [2.45, 2.75) is 20.8 Å². The van der Waals surface area contributed by atoms with Crippen molar-refractivity contribution < 1.29 is 9.53 Å². The molecule has 4 aromatic rings. The number of rotatable bonds is 6. The molecule has 1 amide bonds. The molecule has 1 N–H and O–H groups in total. The molecule has 162 valence electrons. The highest BCUT2D eigenvalue weighted by Crippen LogP contribution is 2.26. The second kappa shape index (κ2) is 9.24. The van der Waals surface area contributed by atoms with E-state index < -0.39 is 5.91 Å². The van der Waals surface area contributed by atoms with E-state index in [1.165, 1.54) is 0 Å². The number of hydrogen-bond acceptors (Lipinski definition) is 4. The van der Waals surface area contributed by atoms with E-state index in [1.54, 1.807) is 22.9 Å². The van der Waals surface area contributed by atoms with Gasteiger partial charge in [-0.15, -0.1) is 5.10 Å². The molecule has 0 fully saturated rings. The van der Waals surface area contributed by atoms with E-state index in [4.69, 9.17) is 16.3 Å². The Hall–Kier alpha value is -3.64. The Balaban J connectivity index is 1.75. The van der Waals surface area contributed by atoms with Crippen molar-refractivity contribution in [1.29, 1.82) is 0 Å². The number of benzene rings is 3. The maximum absolute atomic E-state index is 13.0. The molecule has 0 saturated carbocycles. The number of amides is 1. The van der Waals surface area contributed by atoms with E-state index in [0.717, 1.165) is 28.1 Å². The summed E-state index contributed by atoms with van der Waals surface area (Å²) in [5.74, 6) is 0.998. The first-order valence-electron chi connectivity index (χ1n) is 10.3. The molecule has 32 heavy (non-hydrogen) atoms. The van der Waals surface area contributed by atoms with Gasteiger partial charge in [-0.1, -0.05) is 41.4 Å². The SMILES string of the molecule is CCOc1ccc(-n2nc(C(=O)Nc3cccc(Cl)c3C)nc2-c2cccc(C)c2)cc1. The summed E-state index contributed by atoms with van der Waals surface area (Å²) in [6.45, 7) is 6.39. The van der Waals surface area contributed by atoms with Gasteiger partial charge in [0.05, 0.1) is 12.3 Å². The lowest BCUT2D eigenvalue weighted by Crippen LogP contribution is -2.15. The van der Waals surface area contributed by atoms with E-state index in [9.17, 15) is 4.79 Å². The van der Waals surface area contributed by atoms with Crippen LogP contribution in [0.25, 0.3) is 17.1 Å². The maximum Gasteiger partial charge on any atom is 0.295 e. The number of aryl methyl sites for hydroxylation is 1. The predicted octanol–water partition coefficient (Wildman–Crippen LogP) is 5.86. The molecule has 1 aromatic heterocycles. The van der Waals surface area contributed by atoms with Crippen molar-refractivity contribution in [3.8, 4) is 22.8 Å². The van der Waals surface area contributed by atoms with Gasteiger partial charge < -0.3 is 10.1 Å². The third kappa shape index (κ3) is 4.50. The fourth-order valence-electron chi connectivity index (χ4n) is 3.33. The molecule has 3 aromatic carbocycles. The number of carbonyl (C=O) groups is 1. The van der Waals surface area contributed by atoms with Crippen LogP contribution >= 0.6 is 11.6 Å². The van der Waals surface area contributed by atoms with Gasteiger partial charge in [-0.25, -0.2) is 9.67 Å². The van der Waals surface area contributed by atoms with Gasteiger partial charge in [-0.2, -0.15) is 0 Å². The van der Waals surface area contributed by atoms with Crippen LogP contribution in [0.5, 0.6) is 5.75 Å². The van der Waals surface area contributed by atoms with Crippen LogP contribution < -0.4 is 10.1 Å². The minimum Gasteiger partial charge on any atom is -0.494 e. The Kier molecular flexibility index (Phi) is 6.23. The zero-order chi connectivity index (χ0) is 22.7. The number of carbonyl (C=O) groups excluding carboxylic acids is 1. The van der Waals surface area contributed by atoms with E-state index >= 15 is 0 Å². The molecule has 0 unspecified atom stereocenters. The van der Waals surface area contributed by atoms with Gasteiger partial charge in [0.2, 0.25) is 5.82 Å². The Bertz CT molecular complexity index is 1270. The monoisotopic (exact) mass is 446 g/mol. The van der Waals surface area contributed by atoms with Crippen LogP contribution in [0.1, 0.15) is 28.7 Å². The molecular weight excluding hydrogens is 424 g/mol. The Labute approximate surface area is 191 Å². The van der Waals surface area contributed by atoms with Crippen molar-refractivity contribution in [2.75, 3.05) is 11.9 Å². The molecule has 1 heterocycles. The zero-order valence-electron chi connectivity index (χ0n) is 18.1. The topological polar surface area (TPSA) is 69.0 Å². The average molecular weight is 447 g/mol. The molecule has 4 rings (SSSR count). The van der Waals surface area contributed by atoms with E-state index in [0.29, 0.717) is 23.1 Å². The third-order valence-electron chi connectivity index (χ3n) is 4.99. The highest BCUT2D eigenvalue weighted by molar-refractivity contribution is 6.31. The zero-order valence-corrected chi connectivity index (χ0v) is 18.8. The minimum absolute atomic E-state index is 0.0646. The van der Waals surface area contributed by atoms with Crippen LogP contribution in [-0.2, 0) is 0 Å². The van der Waals surface area contributed by atoms with Gasteiger partial charge in [0.15, 0.2) is 5.82 Å². The highest BCUT2D eigenvalue weighted by Gasteiger charge is 2.20. The first-order valence-corrected chi connectivity index (χ1v) is 10.7. The molecule has 0 atom stereocenters. The Morgan fingerprint density at radius 1 is 1.06 bits per heavy atom. The van der Waals surface area contributed by atoms with E-state index in [1.807, 2.05) is 69.3 Å². The van der Waals surface area contributed by atoms with Crippen molar-refractivity contribution in [1.82, 2.24) is 14.8 Å². The van der Waals surface area contributed by atoms with Crippen LogP contribution in [0.2, 0.25) is 5.02 Å². The number of anilines is 1. The van der Waals surface area contributed by atoms with Crippen LogP contribution in [-0.4, -0.2) is 27.3 Å². The van der Waals surface area contributed by atoms with Crippen molar-refractivity contribution in [3.05, 3.63) is 88.7 Å². The van der Waals surface area contributed by atoms with Crippen molar-refractivity contribution in [3.63, 3.8) is 0 Å². The fraction of sp³-hybridized carbons (Fsp3) is 0.160. The largest absolute Gasteiger partial charge is 0.494 e. The number of hydrogen-bond donors (Lipinski definition) is 1. The van der Waals surface area contributed by atoms with Gasteiger partial charge in [0.25, 0.3) is 5.91 Å². The lowest BCUT2D eigenvalue weighted by Gasteiger charge is -2.08. The van der Waals surface area contributed by atoms with Gasteiger partial charge in [-0.3, -0.25) is 4.79 Å². The number of nitrogens with zero attached hydrogens (tertiary/aromatic N) is 3. The molecule has 6 nitrogen and oxygen atoms in total. The Morgan fingerprint density at radius 2 is 1.81 bits per heavy atom. The van der Waals surface area contributed by atoms with Gasteiger partial charge in [0.1, 0.15) is 5.75 Å². The summed E-state index contributed by atoms with van der Waals surface area (Å²) in [5.41, 5.74) is 4.13. The Morgan fingerprint density at radius 3 is 2.53 bits per heavy atom. The number of ether oxygens (including phenoxy) is 1. The molecule has 7 heteroatoms. The smallest absolute Gasteiger partial charge is 0.295 e. The van der Waals surface area contributed by atoms with Gasteiger partial charge in [0, 0.05) is 16.3 Å². The maximum atomic E-state index is 13.0. The average Bonchev–Trinajstić information content (AvgIpc) is 3.23. The molecular formula is C25H23ClN4O2. The predicted molar refractivity (Wildman–Crippen MR) is 127 cm³/mol. The lowest BCUT2D eigenvalue weighted by molar-refractivity contribution is 0.101. The minimum atomic E-state index is -0.408. The van der Waals surface area contributed by atoms with Gasteiger partial charge >= 0.3 is 0 Å². The molecule has 0 aliphatic carbocycles. The van der Waals surface area contributed by atoms with Gasteiger partial charge in [-0.05, 0) is 68.8 Å². The number of nitrogens with one attached hydrogen (secondary N) is 1. The van der Waals surface area contributed by atoms with Crippen molar-refractivity contribution in [2.24, 2.45) is 0 Å². The second-order valence-electron chi connectivity index (χ2n) is 7.33. The molecule has 0 aliphatic heterocycles. The lowest BCUT2D eigenvalue weighted by atomic mass is 10.1. The first-order chi connectivity index (χ1) is 15.5. The molecule has 0 spiro atoms. The first kappa shape index (κ1) is 21.6. The normalized spacial score (nSPS) is 10.8. The summed E-state index contributed by atoms with van der Waals surface area (Å²) in [7, 11) is 0.